The minimum Gasteiger partial charge on any atom is -0.493 e. The van der Waals surface area contributed by atoms with Crippen molar-refractivity contribution >= 4 is 18.0 Å². The minimum atomic E-state index is -0.627. The number of aromatic hydroxyl groups is 1. The van der Waals surface area contributed by atoms with Crippen molar-refractivity contribution in [2.24, 2.45) is 0 Å². The Kier molecular flexibility index (Phi) is 6.19. The van der Waals surface area contributed by atoms with Gasteiger partial charge in [-0.05, 0) is 67.0 Å². The van der Waals surface area contributed by atoms with Crippen LogP contribution in [-0.2, 0) is 6.42 Å². The van der Waals surface area contributed by atoms with Gasteiger partial charge in [-0.1, -0.05) is 60.7 Å². The van der Waals surface area contributed by atoms with Gasteiger partial charge in [0.05, 0.1) is 11.4 Å². The predicted molar refractivity (Wildman–Crippen MR) is 138 cm³/mol. The minimum absolute atomic E-state index is 0.0408. The molecule has 2 heterocycles. The van der Waals surface area contributed by atoms with E-state index in [0.29, 0.717) is 11.4 Å². The molecule has 35 heavy (non-hydrogen) atoms. The van der Waals surface area contributed by atoms with Crippen molar-refractivity contribution in [3.63, 3.8) is 0 Å². The Morgan fingerprint density at radius 2 is 1.69 bits per heavy atom. The summed E-state index contributed by atoms with van der Waals surface area (Å²) in [7, 11) is 0. The molecular weight excluding hydrogens is 458 g/mol. The molecule has 6 nitrogen and oxygen atoms in total. The molecule has 5 rings (SSSR count). The number of hydrogen-bond acceptors (Lipinski definition) is 5. The van der Waals surface area contributed by atoms with E-state index < -0.39 is 17.2 Å². The molecule has 1 aromatic heterocycles. The van der Waals surface area contributed by atoms with Crippen LogP contribution >= 0.6 is 12.2 Å². The lowest BCUT2D eigenvalue weighted by Crippen LogP contribution is -2.34. The number of fused-ring (bicyclic) bond motifs is 1. The first kappa shape index (κ1) is 23.0. The van der Waals surface area contributed by atoms with E-state index in [0.717, 1.165) is 24.1 Å². The molecule has 0 bridgehead atoms. The zero-order chi connectivity index (χ0) is 24.5. The Morgan fingerprint density at radius 1 is 1.00 bits per heavy atom. The SMILES string of the molecule is Cc1ccccc1-n1c(O)c(C(=O)C[C@@H]2NCCc3ccccc32)c(=O)n(-c2ccccc2)c1=S. The van der Waals surface area contributed by atoms with Gasteiger partial charge in [-0.3, -0.25) is 18.7 Å². The molecule has 0 fully saturated rings. The normalized spacial score (nSPS) is 14.9. The van der Waals surface area contributed by atoms with Crippen LogP contribution in [0.25, 0.3) is 11.4 Å². The molecule has 4 aromatic rings. The van der Waals surface area contributed by atoms with E-state index in [1.807, 2.05) is 49.4 Å². The summed E-state index contributed by atoms with van der Waals surface area (Å²) >= 11 is 5.69. The summed E-state index contributed by atoms with van der Waals surface area (Å²) in [5.41, 5.74) is 3.31. The first-order valence-corrected chi connectivity index (χ1v) is 11.9. The molecule has 0 saturated carbocycles. The number of nitrogens with one attached hydrogen (secondary N) is 1. The summed E-state index contributed by atoms with van der Waals surface area (Å²) in [6.45, 7) is 2.63. The van der Waals surface area contributed by atoms with E-state index in [1.165, 1.54) is 14.7 Å². The maximum Gasteiger partial charge on any atom is 0.273 e. The van der Waals surface area contributed by atoms with Crippen LogP contribution in [0.2, 0.25) is 0 Å². The lowest BCUT2D eigenvalue weighted by molar-refractivity contribution is 0.0961. The fourth-order valence-electron chi connectivity index (χ4n) is 4.74. The first-order valence-electron chi connectivity index (χ1n) is 11.5. The summed E-state index contributed by atoms with van der Waals surface area (Å²) < 4.78 is 2.82. The number of carbonyl (C=O) groups excluding carboxylic acids is 1. The Hall–Kier alpha value is -3.81. The third-order valence-corrected chi connectivity index (χ3v) is 6.85. The molecule has 0 amide bonds. The van der Waals surface area contributed by atoms with Crippen molar-refractivity contribution in [2.45, 2.75) is 25.8 Å². The van der Waals surface area contributed by atoms with Gasteiger partial charge >= 0.3 is 0 Å². The Labute approximate surface area is 208 Å². The largest absolute Gasteiger partial charge is 0.493 e. The lowest BCUT2D eigenvalue weighted by atomic mass is 9.90. The Bertz CT molecular complexity index is 1540. The topological polar surface area (TPSA) is 76.3 Å². The van der Waals surface area contributed by atoms with Gasteiger partial charge in [0.2, 0.25) is 5.88 Å². The van der Waals surface area contributed by atoms with Crippen molar-refractivity contribution in [1.82, 2.24) is 14.5 Å². The second-order valence-electron chi connectivity index (χ2n) is 8.66. The molecule has 0 spiro atoms. The van der Waals surface area contributed by atoms with E-state index in [9.17, 15) is 14.7 Å². The maximum atomic E-state index is 13.7. The van der Waals surface area contributed by atoms with Crippen LogP contribution < -0.4 is 10.9 Å². The van der Waals surface area contributed by atoms with Crippen LogP contribution in [0.3, 0.4) is 0 Å². The van der Waals surface area contributed by atoms with Crippen molar-refractivity contribution in [3.8, 4) is 17.3 Å². The molecule has 0 radical (unpaired) electrons. The van der Waals surface area contributed by atoms with Gasteiger partial charge in [-0.25, -0.2) is 0 Å². The van der Waals surface area contributed by atoms with Gasteiger partial charge in [0.15, 0.2) is 10.6 Å². The number of rotatable bonds is 5. The fourth-order valence-corrected chi connectivity index (χ4v) is 5.11. The summed E-state index contributed by atoms with van der Waals surface area (Å²) in [6, 6.07) is 24.1. The summed E-state index contributed by atoms with van der Waals surface area (Å²) in [5, 5.41) is 14.7. The molecule has 1 atom stereocenters. The van der Waals surface area contributed by atoms with E-state index >= 15 is 0 Å². The van der Waals surface area contributed by atoms with Gasteiger partial charge < -0.3 is 10.4 Å². The summed E-state index contributed by atoms with van der Waals surface area (Å²) in [5.74, 6) is -0.876. The van der Waals surface area contributed by atoms with Crippen LogP contribution in [0.5, 0.6) is 5.88 Å². The summed E-state index contributed by atoms with van der Waals surface area (Å²) in [4.78, 5) is 27.4. The quantitative estimate of drug-likeness (QED) is 0.314. The van der Waals surface area contributed by atoms with E-state index in [4.69, 9.17) is 12.2 Å². The second kappa shape index (κ2) is 9.44. The lowest BCUT2D eigenvalue weighted by Gasteiger charge is -2.26. The van der Waals surface area contributed by atoms with Gasteiger partial charge in [-0.15, -0.1) is 0 Å². The molecule has 1 aliphatic rings. The average molecular weight is 484 g/mol. The Balaban J connectivity index is 1.70. The van der Waals surface area contributed by atoms with Gasteiger partial charge in [0, 0.05) is 12.5 Å². The van der Waals surface area contributed by atoms with Gasteiger partial charge in [0.1, 0.15) is 5.56 Å². The third-order valence-electron chi connectivity index (χ3n) is 6.49. The van der Waals surface area contributed by atoms with Crippen LogP contribution in [-0.4, -0.2) is 26.6 Å². The third kappa shape index (κ3) is 4.13. The molecule has 0 aliphatic carbocycles. The van der Waals surface area contributed by atoms with Crippen molar-refractivity contribution in [2.75, 3.05) is 6.54 Å². The molecule has 3 aromatic carbocycles. The number of Topliss-reactive ketones (excluding diaryl/α,β-unsaturated/α-hetero) is 1. The zero-order valence-corrected chi connectivity index (χ0v) is 20.1. The molecule has 0 unspecified atom stereocenters. The number of benzene rings is 3. The van der Waals surface area contributed by atoms with Gasteiger partial charge in [-0.2, -0.15) is 0 Å². The maximum absolute atomic E-state index is 13.7. The molecule has 7 heteroatoms. The van der Waals surface area contributed by atoms with Crippen LogP contribution in [0.15, 0.2) is 83.7 Å². The molecule has 176 valence electrons. The highest BCUT2D eigenvalue weighted by atomic mass is 32.1. The molecular formula is C28H25N3O3S. The highest BCUT2D eigenvalue weighted by Crippen LogP contribution is 2.29. The standard InChI is InChI=1S/C28H25N3O3S/c1-18-9-5-8-14-23(18)31-27(34)25(26(33)30(28(31)35)20-11-3-2-4-12-20)24(32)17-22-21-13-7-6-10-19(21)15-16-29-22/h2-14,22,29,34H,15-17H2,1H3/t22-/m0/s1. The number of para-hydroxylation sites is 2. The van der Waals surface area contributed by atoms with Crippen molar-refractivity contribution in [1.29, 1.82) is 0 Å². The monoisotopic (exact) mass is 483 g/mol. The van der Waals surface area contributed by atoms with Crippen molar-refractivity contribution < 1.29 is 9.90 Å². The molecule has 0 saturated heterocycles. The number of nitrogens with zero attached hydrogens (tertiary/aromatic N) is 2. The predicted octanol–water partition coefficient (Wildman–Crippen LogP) is 4.83. The number of hydrogen-bond donors (Lipinski definition) is 2. The van der Waals surface area contributed by atoms with Crippen LogP contribution in [0.4, 0.5) is 0 Å². The van der Waals surface area contributed by atoms with Gasteiger partial charge in [0.25, 0.3) is 5.56 Å². The average Bonchev–Trinajstić information content (AvgIpc) is 2.86. The smallest absolute Gasteiger partial charge is 0.273 e. The van der Waals surface area contributed by atoms with Crippen LogP contribution in [0.1, 0.15) is 39.5 Å². The number of carbonyl (C=O) groups is 1. The number of aryl methyl sites for hydroxylation is 1. The van der Waals surface area contributed by atoms with Crippen molar-refractivity contribution in [3.05, 3.63) is 116 Å². The summed E-state index contributed by atoms with van der Waals surface area (Å²) in [6.07, 6.45) is 0.921. The molecule has 2 N–H and O–H groups in total. The highest BCUT2D eigenvalue weighted by Gasteiger charge is 2.29. The van der Waals surface area contributed by atoms with Crippen LogP contribution in [0, 0.1) is 11.7 Å². The van der Waals surface area contributed by atoms with E-state index in [1.54, 1.807) is 30.3 Å². The second-order valence-corrected chi connectivity index (χ2v) is 9.03. The fraction of sp³-hybridized carbons (Fsp3) is 0.179. The number of ketones is 1. The molecule has 1 aliphatic heterocycles. The van der Waals surface area contributed by atoms with E-state index in [2.05, 4.69) is 11.4 Å². The highest BCUT2D eigenvalue weighted by molar-refractivity contribution is 7.71. The van der Waals surface area contributed by atoms with E-state index in [-0.39, 0.29) is 22.8 Å². The number of aromatic nitrogens is 2. The Morgan fingerprint density at radius 3 is 2.46 bits per heavy atom. The zero-order valence-electron chi connectivity index (χ0n) is 19.3. The first-order chi connectivity index (χ1) is 17.0.